The van der Waals surface area contributed by atoms with E-state index in [2.05, 4.69) is 10.4 Å². The van der Waals surface area contributed by atoms with Gasteiger partial charge < -0.3 is 10.1 Å². The molecule has 0 unspecified atom stereocenters. The maximum atomic E-state index is 10.9. The summed E-state index contributed by atoms with van der Waals surface area (Å²) in [6.07, 6.45) is 3.14. The molecule has 0 spiro atoms. The number of carbonyl (C=O) groups is 1. The topological polar surface area (TPSA) is 56.1 Å². The van der Waals surface area contributed by atoms with Crippen molar-refractivity contribution in [2.75, 3.05) is 6.61 Å². The summed E-state index contributed by atoms with van der Waals surface area (Å²) in [5, 5.41) is 6.56. The number of carbonyl (C=O) groups excluding carboxylic acids is 1. The van der Waals surface area contributed by atoms with E-state index in [4.69, 9.17) is 4.74 Å². The predicted molar refractivity (Wildman–Crippen MR) is 47.1 cm³/mol. The number of hydrogen-bond donors (Lipinski definition) is 1. The van der Waals surface area contributed by atoms with Gasteiger partial charge in [0.25, 0.3) is 0 Å². The van der Waals surface area contributed by atoms with Crippen molar-refractivity contribution in [2.45, 2.75) is 13.5 Å². The van der Waals surface area contributed by atoms with Gasteiger partial charge in [0.2, 0.25) is 0 Å². The number of aryl methyl sites for hydroxylation is 1. The first-order valence-electron chi connectivity index (χ1n) is 4.10. The molecule has 0 saturated carbocycles. The molecule has 0 fully saturated rings. The molecule has 0 aliphatic carbocycles. The Morgan fingerprint density at radius 1 is 1.77 bits per heavy atom. The van der Waals surface area contributed by atoms with Crippen LogP contribution in [0.5, 0.6) is 0 Å². The number of nitrogens with one attached hydrogen (secondary N) is 1. The number of amides is 1. The summed E-state index contributed by atoms with van der Waals surface area (Å²) in [6, 6.07) is 0. The minimum Gasteiger partial charge on any atom is -0.450 e. The van der Waals surface area contributed by atoms with Crippen molar-refractivity contribution in [1.29, 1.82) is 0 Å². The molecule has 0 bridgehead atoms. The molecule has 13 heavy (non-hydrogen) atoms. The second-order valence-corrected chi connectivity index (χ2v) is 2.60. The van der Waals surface area contributed by atoms with Crippen LogP contribution < -0.4 is 5.32 Å². The smallest absolute Gasteiger partial charge is 0.407 e. The van der Waals surface area contributed by atoms with Crippen molar-refractivity contribution in [2.24, 2.45) is 7.05 Å². The first-order valence-corrected chi connectivity index (χ1v) is 4.10. The van der Waals surface area contributed by atoms with E-state index in [9.17, 15) is 4.79 Å². The summed E-state index contributed by atoms with van der Waals surface area (Å²) in [7, 11) is 1.83. The highest BCUT2D eigenvalue weighted by Gasteiger charge is 2.00. The van der Waals surface area contributed by atoms with Gasteiger partial charge >= 0.3 is 6.09 Å². The molecule has 0 atom stereocenters. The first-order chi connectivity index (χ1) is 6.22. The molecule has 1 aromatic heterocycles. The van der Waals surface area contributed by atoms with E-state index in [1.807, 2.05) is 13.2 Å². The monoisotopic (exact) mass is 183 g/mol. The fourth-order valence-electron chi connectivity index (χ4n) is 0.920. The molecule has 0 aromatic carbocycles. The zero-order valence-corrected chi connectivity index (χ0v) is 7.78. The van der Waals surface area contributed by atoms with Crippen molar-refractivity contribution in [1.82, 2.24) is 15.1 Å². The Hall–Kier alpha value is -1.52. The van der Waals surface area contributed by atoms with Crippen molar-refractivity contribution in [3.63, 3.8) is 0 Å². The number of rotatable bonds is 3. The SMILES string of the molecule is CCOC(=O)NCc1cnn(C)c1. The van der Waals surface area contributed by atoms with Crippen molar-refractivity contribution < 1.29 is 9.53 Å². The quantitative estimate of drug-likeness (QED) is 0.749. The summed E-state index contributed by atoms with van der Waals surface area (Å²) in [5.74, 6) is 0. The molecule has 1 N–H and O–H groups in total. The van der Waals surface area contributed by atoms with Crippen LogP contribution in [-0.2, 0) is 18.3 Å². The van der Waals surface area contributed by atoms with Crippen molar-refractivity contribution in [3.05, 3.63) is 18.0 Å². The summed E-state index contributed by atoms with van der Waals surface area (Å²) >= 11 is 0. The van der Waals surface area contributed by atoms with E-state index in [1.54, 1.807) is 17.8 Å². The molecule has 5 nitrogen and oxygen atoms in total. The Labute approximate surface area is 76.7 Å². The lowest BCUT2D eigenvalue weighted by molar-refractivity contribution is 0.151. The third-order valence-corrected chi connectivity index (χ3v) is 1.47. The fourth-order valence-corrected chi connectivity index (χ4v) is 0.920. The third-order valence-electron chi connectivity index (χ3n) is 1.47. The predicted octanol–water partition coefficient (Wildman–Crippen LogP) is 0.666. The number of nitrogens with zero attached hydrogens (tertiary/aromatic N) is 2. The van der Waals surface area contributed by atoms with Gasteiger partial charge in [0.05, 0.1) is 12.8 Å². The van der Waals surface area contributed by atoms with Gasteiger partial charge in [-0.1, -0.05) is 0 Å². The van der Waals surface area contributed by atoms with Crippen LogP contribution in [0.3, 0.4) is 0 Å². The van der Waals surface area contributed by atoms with Crippen LogP contribution >= 0.6 is 0 Å². The molecule has 72 valence electrons. The molecular formula is C8H13N3O2. The standard InChI is InChI=1S/C8H13N3O2/c1-3-13-8(12)9-4-7-5-10-11(2)6-7/h5-6H,3-4H2,1-2H3,(H,9,12). The molecule has 1 rings (SSSR count). The second kappa shape index (κ2) is 4.49. The van der Waals surface area contributed by atoms with Gasteiger partial charge in [-0.3, -0.25) is 4.68 Å². The summed E-state index contributed by atoms with van der Waals surface area (Å²) in [5.41, 5.74) is 0.954. The normalized spacial score (nSPS) is 9.69. The van der Waals surface area contributed by atoms with Crippen LogP contribution in [0.15, 0.2) is 12.4 Å². The number of ether oxygens (including phenoxy) is 1. The van der Waals surface area contributed by atoms with E-state index in [1.165, 1.54) is 0 Å². The van der Waals surface area contributed by atoms with Gasteiger partial charge in [-0.2, -0.15) is 5.10 Å². The van der Waals surface area contributed by atoms with Gasteiger partial charge in [-0.15, -0.1) is 0 Å². The van der Waals surface area contributed by atoms with E-state index in [0.717, 1.165) is 5.56 Å². The Morgan fingerprint density at radius 2 is 2.54 bits per heavy atom. The van der Waals surface area contributed by atoms with Gasteiger partial charge in [-0.25, -0.2) is 4.79 Å². The van der Waals surface area contributed by atoms with E-state index in [-0.39, 0.29) is 0 Å². The minimum atomic E-state index is -0.397. The molecule has 0 aliphatic heterocycles. The highest BCUT2D eigenvalue weighted by atomic mass is 16.5. The third kappa shape index (κ3) is 3.14. The minimum absolute atomic E-state index is 0.388. The maximum Gasteiger partial charge on any atom is 0.407 e. The average Bonchev–Trinajstić information content (AvgIpc) is 2.49. The highest BCUT2D eigenvalue weighted by Crippen LogP contribution is 1.94. The number of hydrogen-bond acceptors (Lipinski definition) is 3. The fraction of sp³-hybridized carbons (Fsp3) is 0.500. The Morgan fingerprint density at radius 3 is 3.08 bits per heavy atom. The Kier molecular flexibility index (Phi) is 3.31. The lowest BCUT2D eigenvalue weighted by Gasteiger charge is -2.02. The largest absolute Gasteiger partial charge is 0.450 e. The average molecular weight is 183 g/mol. The van der Waals surface area contributed by atoms with Gasteiger partial charge in [0, 0.05) is 25.4 Å². The van der Waals surface area contributed by atoms with Gasteiger partial charge in [0.1, 0.15) is 0 Å². The zero-order valence-electron chi connectivity index (χ0n) is 7.78. The molecule has 0 radical (unpaired) electrons. The molecule has 1 amide bonds. The van der Waals surface area contributed by atoms with Crippen LogP contribution in [0.25, 0.3) is 0 Å². The van der Waals surface area contributed by atoms with Crippen LogP contribution in [0.1, 0.15) is 12.5 Å². The molecule has 5 heteroatoms. The zero-order chi connectivity index (χ0) is 9.68. The molecular weight excluding hydrogens is 170 g/mol. The van der Waals surface area contributed by atoms with Crippen molar-refractivity contribution in [3.8, 4) is 0 Å². The van der Waals surface area contributed by atoms with Crippen molar-refractivity contribution >= 4 is 6.09 Å². The van der Waals surface area contributed by atoms with Gasteiger partial charge in [-0.05, 0) is 6.92 Å². The summed E-state index contributed by atoms with van der Waals surface area (Å²) in [4.78, 5) is 10.9. The van der Waals surface area contributed by atoms with Crippen LogP contribution in [0, 0.1) is 0 Å². The number of aromatic nitrogens is 2. The van der Waals surface area contributed by atoms with E-state index in [0.29, 0.717) is 13.2 Å². The molecule has 1 aromatic rings. The van der Waals surface area contributed by atoms with Crippen LogP contribution in [0.4, 0.5) is 4.79 Å². The number of alkyl carbamates (subject to hydrolysis) is 1. The Bertz CT molecular complexity index is 283. The van der Waals surface area contributed by atoms with E-state index >= 15 is 0 Å². The Balaban J connectivity index is 2.30. The highest BCUT2D eigenvalue weighted by molar-refractivity contribution is 5.67. The molecule has 1 heterocycles. The first kappa shape index (κ1) is 9.57. The summed E-state index contributed by atoms with van der Waals surface area (Å²) in [6.45, 7) is 2.61. The van der Waals surface area contributed by atoms with Crippen LogP contribution in [0.2, 0.25) is 0 Å². The lowest BCUT2D eigenvalue weighted by atomic mass is 10.4. The van der Waals surface area contributed by atoms with Crippen LogP contribution in [-0.4, -0.2) is 22.5 Å². The molecule has 0 aliphatic rings. The van der Waals surface area contributed by atoms with E-state index < -0.39 is 6.09 Å². The summed E-state index contributed by atoms with van der Waals surface area (Å²) < 4.78 is 6.38. The lowest BCUT2D eigenvalue weighted by Crippen LogP contribution is -2.23. The van der Waals surface area contributed by atoms with Gasteiger partial charge in [0.15, 0.2) is 0 Å². The molecule has 0 saturated heterocycles. The maximum absolute atomic E-state index is 10.9. The second-order valence-electron chi connectivity index (χ2n) is 2.60.